The zero-order valence-electron chi connectivity index (χ0n) is 12.8. The number of rotatable bonds is 2. The van der Waals surface area contributed by atoms with Crippen molar-refractivity contribution in [1.29, 1.82) is 0 Å². The zero-order chi connectivity index (χ0) is 17.1. The van der Waals surface area contributed by atoms with E-state index in [1.54, 1.807) is 40.9 Å². The van der Waals surface area contributed by atoms with Crippen molar-refractivity contribution in [1.82, 2.24) is 4.90 Å². The van der Waals surface area contributed by atoms with Gasteiger partial charge in [-0.3, -0.25) is 4.79 Å². The number of carbonyl (C=O) groups is 1. The SMILES string of the molecule is O=C(c1cccc(Cl)c1)N1CCSC(c2cc(F)ccc2F)CC1. The second-order valence-electron chi connectivity index (χ2n) is 5.62. The van der Waals surface area contributed by atoms with Crippen LogP contribution in [0.15, 0.2) is 42.5 Å². The van der Waals surface area contributed by atoms with Crippen LogP contribution in [-0.4, -0.2) is 29.6 Å². The van der Waals surface area contributed by atoms with Gasteiger partial charge in [-0.05, 0) is 42.8 Å². The van der Waals surface area contributed by atoms with Crippen LogP contribution in [0.3, 0.4) is 0 Å². The second kappa shape index (κ2) is 7.53. The second-order valence-corrected chi connectivity index (χ2v) is 7.36. The quantitative estimate of drug-likeness (QED) is 0.749. The summed E-state index contributed by atoms with van der Waals surface area (Å²) < 4.78 is 27.4. The van der Waals surface area contributed by atoms with Crippen LogP contribution in [0.25, 0.3) is 0 Å². The molecule has 6 heteroatoms. The Bertz CT molecular complexity index is 756. The third-order valence-corrected chi connectivity index (χ3v) is 5.55. The summed E-state index contributed by atoms with van der Waals surface area (Å²) in [7, 11) is 0. The average molecular weight is 368 g/mol. The number of halogens is 3. The Labute approximate surface area is 148 Å². The van der Waals surface area contributed by atoms with Crippen molar-refractivity contribution >= 4 is 29.3 Å². The number of benzene rings is 2. The molecule has 1 amide bonds. The molecule has 0 N–H and O–H groups in total. The maximum Gasteiger partial charge on any atom is 0.253 e. The number of amides is 1. The van der Waals surface area contributed by atoms with E-state index in [0.29, 0.717) is 41.4 Å². The minimum absolute atomic E-state index is 0.0848. The van der Waals surface area contributed by atoms with Gasteiger partial charge in [-0.25, -0.2) is 8.78 Å². The van der Waals surface area contributed by atoms with Crippen molar-refractivity contribution in [2.24, 2.45) is 0 Å². The molecule has 0 aliphatic carbocycles. The van der Waals surface area contributed by atoms with Crippen LogP contribution in [0, 0.1) is 11.6 Å². The molecule has 1 heterocycles. The first-order chi connectivity index (χ1) is 11.5. The molecule has 0 spiro atoms. The summed E-state index contributed by atoms with van der Waals surface area (Å²) in [5, 5.41) is 0.364. The van der Waals surface area contributed by atoms with Gasteiger partial charge >= 0.3 is 0 Å². The lowest BCUT2D eigenvalue weighted by atomic mass is 10.1. The first-order valence-corrected chi connectivity index (χ1v) is 9.08. The molecule has 2 aromatic rings. The first-order valence-electron chi connectivity index (χ1n) is 7.66. The molecule has 0 aromatic heterocycles. The van der Waals surface area contributed by atoms with Crippen LogP contribution in [-0.2, 0) is 0 Å². The molecule has 3 rings (SSSR count). The molecule has 1 aliphatic heterocycles. The Balaban J connectivity index is 1.73. The highest BCUT2D eigenvalue weighted by Crippen LogP contribution is 2.36. The largest absolute Gasteiger partial charge is 0.338 e. The molecule has 1 aliphatic rings. The van der Waals surface area contributed by atoms with Gasteiger partial charge in [-0.15, -0.1) is 0 Å². The van der Waals surface area contributed by atoms with E-state index in [2.05, 4.69) is 0 Å². The zero-order valence-corrected chi connectivity index (χ0v) is 14.4. The third kappa shape index (κ3) is 3.90. The molecule has 24 heavy (non-hydrogen) atoms. The molecule has 1 saturated heterocycles. The van der Waals surface area contributed by atoms with Gasteiger partial charge in [0.1, 0.15) is 11.6 Å². The maximum atomic E-state index is 14.0. The standard InChI is InChI=1S/C18H16ClF2NOS/c19-13-3-1-2-12(10-13)18(23)22-7-6-17(24-9-8-22)15-11-14(20)4-5-16(15)21/h1-5,10-11,17H,6-9H2. The van der Waals surface area contributed by atoms with E-state index in [4.69, 9.17) is 11.6 Å². The van der Waals surface area contributed by atoms with Crippen LogP contribution in [0.1, 0.15) is 27.6 Å². The van der Waals surface area contributed by atoms with Gasteiger partial charge in [-0.2, -0.15) is 11.8 Å². The summed E-state index contributed by atoms with van der Waals surface area (Å²) >= 11 is 7.50. The summed E-state index contributed by atoms with van der Waals surface area (Å²) in [5.74, 6) is -0.252. The van der Waals surface area contributed by atoms with Gasteiger partial charge in [0.25, 0.3) is 5.91 Å². The van der Waals surface area contributed by atoms with E-state index >= 15 is 0 Å². The molecule has 0 radical (unpaired) electrons. The lowest BCUT2D eigenvalue weighted by molar-refractivity contribution is 0.0766. The van der Waals surface area contributed by atoms with E-state index < -0.39 is 11.6 Å². The maximum absolute atomic E-state index is 14.0. The number of thioether (sulfide) groups is 1. The summed E-state index contributed by atoms with van der Waals surface area (Å²) in [6, 6.07) is 10.4. The fraction of sp³-hybridized carbons (Fsp3) is 0.278. The molecule has 1 atom stereocenters. The average Bonchev–Trinajstić information content (AvgIpc) is 2.82. The van der Waals surface area contributed by atoms with Gasteiger partial charge in [-0.1, -0.05) is 17.7 Å². The predicted octanol–water partition coefficient (Wildman–Crippen LogP) is 4.94. The highest BCUT2D eigenvalue weighted by atomic mass is 35.5. The van der Waals surface area contributed by atoms with Crippen LogP contribution in [0.5, 0.6) is 0 Å². The number of hydrogen-bond donors (Lipinski definition) is 0. The van der Waals surface area contributed by atoms with E-state index in [1.807, 2.05) is 0 Å². The van der Waals surface area contributed by atoms with E-state index in [9.17, 15) is 13.6 Å². The molecule has 126 valence electrons. The van der Waals surface area contributed by atoms with E-state index in [-0.39, 0.29) is 11.2 Å². The number of nitrogens with zero attached hydrogens (tertiary/aromatic N) is 1. The number of carbonyl (C=O) groups excluding carboxylic acids is 1. The van der Waals surface area contributed by atoms with Crippen molar-refractivity contribution in [3.63, 3.8) is 0 Å². The Kier molecular flexibility index (Phi) is 5.41. The molecule has 1 fully saturated rings. The highest BCUT2D eigenvalue weighted by molar-refractivity contribution is 7.99. The van der Waals surface area contributed by atoms with Gasteiger partial charge in [0.2, 0.25) is 0 Å². The minimum atomic E-state index is -0.442. The molecular formula is C18H16ClF2NOS. The Morgan fingerprint density at radius 1 is 1.17 bits per heavy atom. The molecule has 0 bridgehead atoms. The lowest BCUT2D eigenvalue weighted by Crippen LogP contribution is -2.32. The lowest BCUT2D eigenvalue weighted by Gasteiger charge is -2.20. The van der Waals surface area contributed by atoms with Crippen molar-refractivity contribution in [3.05, 3.63) is 70.2 Å². The van der Waals surface area contributed by atoms with Gasteiger partial charge < -0.3 is 4.90 Å². The molecule has 2 nitrogen and oxygen atoms in total. The summed E-state index contributed by atoms with van der Waals surface area (Å²) in [5.41, 5.74) is 0.917. The van der Waals surface area contributed by atoms with Crippen LogP contribution < -0.4 is 0 Å². The minimum Gasteiger partial charge on any atom is -0.338 e. The fourth-order valence-corrected chi connectivity index (χ4v) is 4.22. The third-order valence-electron chi connectivity index (χ3n) is 4.01. The molecular weight excluding hydrogens is 352 g/mol. The van der Waals surface area contributed by atoms with E-state index in [0.717, 1.165) is 12.1 Å². The van der Waals surface area contributed by atoms with Crippen LogP contribution >= 0.6 is 23.4 Å². The topological polar surface area (TPSA) is 20.3 Å². The molecule has 1 unspecified atom stereocenters. The first kappa shape index (κ1) is 17.2. The fourth-order valence-electron chi connectivity index (χ4n) is 2.79. The summed E-state index contributed by atoms with van der Waals surface area (Å²) in [4.78, 5) is 14.3. The highest BCUT2D eigenvalue weighted by Gasteiger charge is 2.25. The van der Waals surface area contributed by atoms with Crippen molar-refractivity contribution in [2.75, 3.05) is 18.8 Å². The smallest absolute Gasteiger partial charge is 0.253 e. The Morgan fingerprint density at radius 3 is 2.79 bits per heavy atom. The van der Waals surface area contributed by atoms with Gasteiger partial charge in [0, 0.05) is 40.2 Å². The van der Waals surface area contributed by atoms with Gasteiger partial charge in [0.15, 0.2) is 0 Å². The van der Waals surface area contributed by atoms with Crippen molar-refractivity contribution < 1.29 is 13.6 Å². The Morgan fingerprint density at radius 2 is 2.00 bits per heavy atom. The number of hydrogen-bond acceptors (Lipinski definition) is 2. The summed E-state index contributed by atoms with van der Waals surface area (Å²) in [6.07, 6.45) is 0.581. The van der Waals surface area contributed by atoms with Crippen LogP contribution in [0.4, 0.5) is 8.78 Å². The van der Waals surface area contributed by atoms with Gasteiger partial charge in [0.05, 0.1) is 0 Å². The molecule has 2 aromatic carbocycles. The van der Waals surface area contributed by atoms with Crippen LogP contribution in [0.2, 0.25) is 5.02 Å². The summed E-state index contributed by atoms with van der Waals surface area (Å²) in [6.45, 7) is 1.07. The van der Waals surface area contributed by atoms with Crippen molar-refractivity contribution in [2.45, 2.75) is 11.7 Å². The van der Waals surface area contributed by atoms with Crippen molar-refractivity contribution in [3.8, 4) is 0 Å². The van der Waals surface area contributed by atoms with E-state index in [1.165, 1.54) is 6.07 Å². The monoisotopic (exact) mass is 367 g/mol. The normalized spacial score (nSPS) is 18.3. The predicted molar refractivity (Wildman–Crippen MR) is 93.5 cm³/mol. The Hall–Kier alpha value is -1.59. The molecule has 0 saturated carbocycles.